The highest BCUT2D eigenvalue weighted by atomic mass is 19.4. The summed E-state index contributed by atoms with van der Waals surface area (Å²) < 4.78 is 43.7. The molecule has 0 bridgehead atoms. The van der Waals surface area contributed by atoms with Crippen molar-refractivity contribution in [1.29, 1.82) is 0 Å². The van der Waals surface area contributed by atoms with Crippen molar-refractivity contribution < 1.29 is 17.9 Å². The molecule has 0 aromatic carbocycles. The summed E-state index contributed by atoms with van der Waals surface area (Å²) in [6.07, 6.45) is -0.889. The number of unbranched alkanes of at least 4 members (excludes halogenated alkanes) is 1. The number of alkyl halides is 3. The molecule has 1 rings (SSSR count). The van der Waals surface area contributed by atoms with Gasteiger partial charge in [-0.25, -0.2) is 10.4 Å². The topological polar surface area (TPSA) is 24.5 Å². The molecule has 1 aliphatic heterocycles. The molecule has 0 aromatic rings. The van der Waals surface area contributed by atoms with Gasteiger partial charge in [0.1, 0.15) is 6.04 Å². The number of methoxy groups -OCH3 is 1. The number of nitrogens with zero attached hydrogens (tertiary/aromatic N) is 1. The minimum atomic E-state index is -4.19. The highest BCUT2D eigenvalue weighted by molar-refractivity contribution is 4.81. The number of halogens is 3. The third-order valence-electron chi connectivity index (χ3n) is 3.30. The lowest BCUT2D eigenvalue weighted by Gasteiger charge is -2.31. The number of hydrogen-bond donors (Lipinski definition) is 1. The Morgan fingerprint density at radius 3 is 2.72 bits per heavy atom. The molecular weight excluding hydrogens is 245 g/mol. The average molecular weight is 268 g/mol. The Labute approximate surface area is 107 Å². The van der Waals surface area contributed by atoms with Gasteiger partial charge in [0.15, 0.2) is 0 Å². The van der Waals surface area contributed by atoms with Crippen LogP contribution in [0.15, 0.2) is 0 Å². The maximum absolute atomic E-state index is 12.9. The van der Waals surface area contributed by atoms with Crippen LogP contribution >= 0.6 is 0 Å². The van der Waals surface area contributed by atoms with E-state index in [0.717, 1.165) is 19.3 Å². The first-order valence-electron chi connectivity index (χ1n) is 6.57. The van der Waals surface area contributed by atoms with Crippen molar-refractivity contribution in [2.45, 2.75) is 57.3 Å². The molecule has 0 aromatic heterocycles. The summed E-state index contributed by atoms with van der Waals surface area (Å²) in [6, 6.07) is -1.38. The van der Waals surface area contributed by atoms with Crippen LogP contribution < -0.4 is 5.43 Å². The van der Waals surface area contributed by atoms with Crippen LogP contribution in [-0.4, -0.2) is 43.5 Å². The van der Waals surface area contributed by atoms with Gasteiger partial charge >= 0.3 is 6.18 Å². The van der Waals surface area contributed by atoms with Gasteiger partial charge < -0.3 is 4.74 Å². The maximum Gasteiger partial charge on any atom is 0.405 e. The van der Waals surface area contributed by atoms with E-state index in [0.29, 0.717) is 19.6 Å². The lowest BCUT2D eigenvalue weighted by Crippen LogP contribution is -2.54. The standard InChI is InChI=1S/C12H23F3N2O/c1-3-4-7-11(12(13,14)15)16-17-8-5-6-10(17)9-18-2/h10-11,16H,3-9H2,1-2H3/t10-,11+/m0/s1. The maximum atomic E-state index is 12.9. The number of nitrogens with one attached hydrogen (secondary N) is 1. The minimum absolute atomic E-state index is 0.0569. The SMILES string of the molecule is CCCC[C@@H](NN1CCC[C@H]1COC)C(F)(F)F. The van der Waals surface area contributed by atoms with E-state index in [4.69, 9.17) is 4.74 Å². The molecule has 1 heterocycles. The van der Waals surface area contributed by atoms with Gasteiger partial charge in [0.2, 0.25) is 0 Å². The predicted octanol–water partition coefficient (Wildman–Crippen LogP) is 2.72. The lowest BCUT2D eigenvalue weighted by molar-refractivity contribution is -0.171. The van der Waals surface area contributed by atoms with Gasteiger partial charge in [-0.1, -0.05) is 19.8 Å². The number of ether oxygens (including phenoxy) is 1. The highest BCUT2D eigenvalue weighted by Gasteiger charge is 2.41. The van der Waals surface area contributed by atoms with Crippen molar-refractivity contribution in [3.8, 4) is 0 Å². The Morgan fingerprint density at radius 1 is 1.44 bits per heavy atom. The van der Waals surface area contributed by atoms with E-state index >= 15 is 0 Å². The molecule has 1 aliphatic rings. The molecular formula is C12H23F3N2O. The zero-order chi connectivity index (χ0) is 13.6. The molecule has 108 valence electrons. The molecule has 0 amide bonds. The van der Waals surface area contributed by atoms with E-state index in [1.165, 1.54) is 0 Å². The fourth-order valence-corrected chi connectivity index (χ4v) is 2.28. The van der Waals surface area contributed by atoms with E-state index in [1.54, 1.807) is 12.1 Å². The summed E-state index contributed by atoms with van der Waals surface area (Å²) in [7, 11) is 1.58. The number of rotatable bonds is 7. The predicted molar refractivity (Wildman–Crippen MR) is 64.1 cm³/mol. The summed E-state index contributed by atoms with van der Waals surface area (Å²) >= 11 is 0. The van der Waals surface area contributed by atoms with Crippen molar-refractivity contribution in [1.82, 2.24) is 10.4 Å². The fraction of sp³-hybridized carbons (Fsp3) is 1.00. The second-order valence-electron chi connectivity index (χ2n) is 4.81. The van der Waals surface area contributed by atoms with Gasteiger partial charge in [0.05, 0.1) is 6.61 Å². The molecule has 0 radical (unpaired) electrons. The Hall–Kier alpha value is -0.330. The van der Waals surface area contributed by atoms with Crippen molar-refractivity contribution in [3.63, 3.8) is 0 Å². The van der Waals surface area contributed by atoms with Crippen LogP contribution in [0.5, 0.6) is 0 Å². The van der Waals surface area contributed by atoms with Gasteiger partial charge in [0.25, 0.3) is 0 Å². The zero-order valence-electron chi connectivity index (χ0n) is 11.1. The molecule has 1 fully saturated rings. The Bertz CT molecular complexity index is 236. The van der Waals surface area contributed by atoms with Crippen LogP contribution in [0.4, 0.5) is 13.2 Å². The summed E-state index contributed by atoms with van der Waals surface area (Å²) in [6.45, 7) is 3.04. The molecule has 0 saturated carbocycles. The number of hydrogen-bond acceptors (Lipinski definition) is 3. The van der Waals surface area contributed by atoms with Gasteiger partial charge in [0, 0.05) is 19.7 Å². The average Bonchev–Trinajstić information content (AvgIpc) is 2.71. The van der Waals surface area contributed by atoms with Gasteiger partial charge in [-0.15, -0.1) is 0 Å². The van der Waals surface area contributed by atoms with Crippen LogP contribution in [0.25, 0.3) is 0 Å². The third-order valence-corrected chi connectivity index (χ3v) is 3.30. The second kappa shape index (κ2) is 7.31. The van der Waals surface area contributed by atoms with Crippen LogP contribution in [-0.2, 0) is 4.74 Å². The van der Waals surface area contributed by atoms with Crippen molar-refractivity contribution in [3.05, 3.63) is 0 Å². The monoisotopic (exact) mass is 268 g/mol. The van der Waals surface area contributed by atoms with Crippen LogP contribution in [0.2, 0.25) is 0 Å². The van der Waals surface area contributed by atoms with E-state index < -0.39 is 12.2 Å². The highest BCUT2D eigenvalue weighted by Crippen LogP contribution is 2.26. The summed E-state index contributed by atoms with van der Waals surface area (Å²) in [5.74, 6) is 0. The fourth-order valence-electron chi connectivity index (χ4n) is 2.28. The first-order chi connectivity index (χ1) is 8.49. The Kier molecular flexibility index (Phi) is 6.38. The summed E-state index contributed by atoms with van der Waals surface area (Å²) in [5.41, 5.74) is 2.65. The molecule has 3 nitrogen and oxygen atoms in total. The third kappa shape index (κ3) is 4.74. The van der Waals surface area contributed by atoms with Crippen LogP contribution in [0.3, 0.4) is 0 Å². The molecule has 1 N–H and O–H groups in total. The minimum Gasteiger partial charge on any atom is -0.383 e. The largest absolute Gasteiger partial charge is 0.405 e. The van der Waals surface area contributed by atoms with Crippen molar-refractivity contribution >= 4 is 0 Å². The normalized spacial score (nSPS) is 23.5. The molecule has 2 atom stereocenters. The van der Waals surface area contributed by atoms with E-state index in [-0.39, 0.29) is 12.5 Å². The quantitative estimate of drug-likeness (QED) is 0.768. The van der Waals surface area contributed by atoms with Crippen LogP contribution in [0, 0.1) is 0 Å². The lowest BCUT2D eigenvalue weighted by atomic mass is 10.1. The summed E-state index contributed by atoms with van der Waals surface area (Å²) in [4.78, 5) is 0. The van der Waals surface area contributed by atoms with Crippen molar-refractivity contribution in [2.75, 3.05) is 20.3 Å². The molecule has 6 heteroatoms. The molecule has 18 heavy (non-hydrogen) atoms. The Balaban J connectivity index is 2.53. The first kappa shape index (κ1) is 15.7. The molecule has 0 spiro atoms. The zero-order valence-corrected chi connectivity index (χ0v) is 11.1. The second-order valence-corrected chi connectivity index (χ2v) is 4.81. The van der Waals surface area contributed by atoms with E-state index in [9.17, 15) is 13.2 Å². The molecule has 1 saturated heterocycles. The van der Waals surface area contributed by atoms with Crippen LogP contribution in [0.1, 0.15) is 39.0 Å². The summed E-state index contributed by atoms with van der Waals surface area (Å²) in [5, 5.41) is 1.71. The number of hydrazine groups is 1. The molecule has 0 unspecified atom stereocenters. The van der Waals surface area contributed by atoms with E-state index in [1.807, 2.05) is 6.92 Å². The Morgan fingerprint density at radius 2 is 2.17 bits per heavy atom. The smallest absolute Gasteiger partial charge is 0.383 e. The van der Waals surface area contributed by atoms with Gasteiger partial charge in [-0.3, -0.25) is 0 Å². The first-order valence-corrected chi connectivity index (χ1v) is 6.57. The van der Waals surface area contributed by atoms with Gasteiger partial charge in [-0.2, -0.15) is 13.2 Å². The van der Waals surface area contributed by atoms with Gasteiger partial charge in [-0.05, 0) is 19.3 Å². The van der Waals surface area contributed by atoms with E-state index in [2.05, 4.69) is 5.43 Å². The molecule has 0 aliphatic carbocycles. The van der Waals surface area contributed by atoms with Crippen molar-refractivity contribution in [2.24, 2.45) is 0 Å².